The van der Waals surface area contributed by atoms with Crippen molar-refractivity contribution < 1.29 is 4.42 Å². The van der Waals surface area contributed by atoms with Crippen LogP contribution in [0.5, 0.6) is 0 Å². The minimum atomic E-state index is 0.582. The van der Waals surface area contributed by atoms with Crippen LogP contribution in [0.4, 0.5) is 0 Å². The van der Waals surface area contributed by atoms with Crippen LogP contribution < -0.4 is 0 Å². The summed E-state index contributed by atoms with van der Waals surface area (Å²) in [6.07, 6.45) is 0. The summed E-state index contributed by atoms with van der Waals surface area (Å²) < 4.78 is 6.91. The van der Waals surface area contributed by atoms with Crippen molar-refractivity contribution in [2.45, 2.75) is 0 Å². The zero-order chi connectivity index (χ0) is 32.6. The highest BCUT2D eigenvalue weighted by molar-refractivity contribution is 6.15. The van der Waals surface area contributed by atoms with Gasteiger partial charge in [0.25, 0.3) is 0 Å². The summed E-state index contributed by atoms with van der Waals surface area (Å²) in [6.45, 7) is 0. The molecule has 9 aromatic rings. The van der Waals surface area contributed by atoms with Crippen molar-refractivity contribution in [3.05, 3.63) is 176 Å². The first-order valence-electron chi connectivity index (χ1n) is 16.4. The standard InChI is InChI=1S/C45H29N3O/c1-5-15-30(16-6-1)34-23-13-24-35(29-34)44-46-43(33-21-11-4-12-22-33)47-45(48-44)39-28-27-38-37-26-14-25-36(31-17-7-2-8-18-31)41(37)49-42(38)40(39)32-19-9-3-10-20-32/h1-29H. The second-order valence-corrected chi connectivity index (χ2v) is 12.0. The Morgan fingerprint density at radius 3 is 1.51 bits per heavy atom. The minimum absolute atomic E-state index is 0.582. The zero-order valence-corrected chi connectivity index (χ0v) is 26.5. The Bertz CT molecular complexity index is 2580. The highest BCUT2D eigenvalue weighted by Gasteiger charge is 2.22. The van der Waals surface area contributed by atoms with Crippen LogP contribution in [0, 0.1) is 0 Å². The summed E-state index contributed by atoms with van der Waals surface area (Å²) in [6, 6.07) is 60.2. The van der Waals surface area contributed by atoms with Gasteiger partial charge in [-0.05, 0) is 40.5 Å². The average Bonchev–Trinajstić information content (AvgIpc) is 3.58. The molecule has 0 bridgehead atoms. The van der Waals surface area contributed by atoms with Gasteiger partial charge in [-0.25, -0.2) is 15.0 Å². The van der Waals surface area contributed by atoms with Crippen molar-refractivity contribution in [2.75, 3.05) is 0 Å². The SMILES string of the molecule is c1ccc(-c2cccc(-c3nc(-c4ccccc4)nc(-c4ccc5c(oc6c(-c7ccccc7)cccc65)c4-c4ccccc4)n3)c2)cc1. The van der Waals surface area contributed by atoms with Gasteiger partial charge in [-0.15, -0.1) is 0 Å². The highest BCUT2D eigenvalue weighted by atomic mass is 16.3. The molecule has 2 heterocycles. The first-order valence-corrected chi connectivity index (χ1v) is 16.4. The van der Waals surface area contributed by atoms with Crippen molar-refractivity contribution in [3.63, 3.8) is 0 Å². The van der Waals surface area contributed by atoms with Gasteiger partial charge in [0.15, 0.2) is 17.5 Å². The van der Waals surface area contributed by atoms with Gasteiger partial charge in [0.05, 0.1) is 0 Å². The molecule has 49 heavy (non-hydrogen) atoms. The minimum Gasteiger partial charge on any atom is -0.455 e. The van der Waals surface area contributed by atoms with Gasteiger partial charge < -0.3 is 4.42 Å². The van der Waals surface area contributed by atoms with E-state index in [1.165, 1.54) is 0 Å². The van der Waals surface area contributed by atoms with Gasteiger partial charge >= 0.3 is 0 Å². The number of hydrogen-bond acceptors (Lipinski definition) is 4. The first-order chi connectivity index (χ1) is 24.3. The first kappa shape index (κ1) is 28.6. The van der Waals surface area contributed by atoms with Gasteiger partial charge in [0, 0.05) is 38.6 Å². The van der Waals surface area contributed by atoms with Crippen LogP contribution in [0.3, 0.4) is 0 Å². The van der Waals surface area contributed by atoms with E-state index < -0.39 is 0 Å². The molecule has 0 aliphatic carbocycles. The number of nitrogens with zero attached hydrogens (tertiary/aromatic N) is 3. The zero-order valence-electron chi connectivity index (χ0n) is 26.5. The molecule has 0 saturated heterocycles. The fourth-order valence-electron chi connectivity index (χ4n) is 6.59. The summed E-state index contributed by atoms with van der Waals surface area (Å²) >= 11 is 0. The molecule has 230 valence electrons. The number of fused-ring (bicyclic) bond motifs is 3. The Balaban J connectivity index is 1.31. The van der Waals surface area contributed by atoms with Crippen LogP contribution in [0.1, 0.15) is 0 Å². The monoisotopic (exact) mass is 627 g/mol. The van der Waals surface area contributed by atoms with Gasteiger partial charge in [-0.1, -0.05) is 158 Å². The van der Waals surface area contributed by atoms with Gasteiger partial charge in [0.1, 0.15) is 11.2 Å². The fraction of sp³-hybridized carbons (Fsp3) is 0. The van der Waals surface area contributed by atoms with E-state index in [9.17, 15) is 0 Å². The molecule has 0 atom stereocenters. The Hall–Kier alpha value is -6.65. The predicted octanol–water partition coefficient (Wildman–Crippen LogP) is 11.8. The number of furan rings is 1. The summed E-state index contributed by atoms with van der Waals surface area (Å²) in [5.74, 6) is 1.80. The lowest BCUT2D eigenvalue weighted by molar-refractivity contribution is 0.671. The van der Waals surface area contributed by atoms with Crippen molar-refractivity contribution in [1.82, 2.24) is 15.0 Å². The van der Waals surface area contributed by atoms with Gasteiger partial charge in [-0.2, -0.15) is 0 Å². The van der Waals surface area contributed by atoms with Crippen LogP contribution in [0.25, 0.3) is 89.5 Å². The summed E-state index contributed by atoms with van der Waals surface area (Å²) in [7, 11) is 0. The summed E-state index contributed by atoms with van der Waals surface area (Å²) in [4.78, 5) is 15.3. The van der Waals surface area contributed by atoms with E-state index in [2.05, 4.69) is 127 Å². The van der Waals surface area contributed by atoms with Crippen LogP contribution in [0.15, 0.2) is 180 Å². The smallest absolute Gasteiger partial charge is 0.164 e. The van der Waals surface area contributed by atoms with Crippen LogP contribution in [0.2, 0.25) is 0 Å². The molecule has 0 N–H and O–H groups in total. The van der Waals surface area contributed by atoms with Crippen molar-refractivity contribution in [3.8, 4) is 67.5 Å². The van der Waals surface area contributed by atoms with E-state index in [0.29, 0.717) is 17.5 Å². The van der Waals surface area contributed by atoms with Crippen LogP contribution in [-0.2, 0) is 0 Å². The van der Waals surface area contributed by atoms with E-state index in [-0.39, 0.29) is 0 Å². The Morgan fingerprint density at radius 2 is 0.816 bits per heavy atom. The van der Waals surface area contributed by atoms with E-state index in [1.54, 1.807) is 0 Å². The molecular weight excluding hydrogens is 599 g/mol. The van der Waals surface area contributed by atoms with Crippen molar-refractivity contribution >= 4 is 21.9 Å². The van der Waals surface area contributed by atoms with Gasteiger partial charge in [-0.3, -0.25) is 0 Å². The number of para-hydroxylation sites is 1. The third-order valence-corrected chi connectivity index (χ3v) is 8.95. The maximum absolute atomic E-state index is 6.91. The molecule has 7 aromatic carbocycles. The normalized spacial score (nSPS) is 11.3. The Morgan fingerprint density at radius 1 is 0.306 bits per heavy atom. The molecule has 4 heteroatoms. The Labute approximate surface area is 284 Å². The number of hydrogen-bond donors (Lipinski definition) is 0. The van der Waals surface area contributed by atoms with Crippen LogP contribution in [-0.4, -0.2) is 15.0 Å². The molecule has 2 aromatic heterocycles. The second kappa shape index (κ2) is 12.2. The maximum Gasteiger partial charge on any atom is 0.164 e. The lowest BCUT2D eigenvalue weighted by Crippen LogP contribution is -2.01. The fourth-order valence-corrected chi connectivity index (χ4v) is 6.59. The molecular formula is C45H29N3O. The summed E-state index contributed by atoms with van der Waals surface area (Å²) in [5, 5.41) is 2.11. The molecule has 0 aliphatic rings. The van der Waals surface area contributed by atoms with Crippen molar-refractivity contribution in [2.24, 2.45) is 0 Å². The topological polar surface area (TPSA) is 51.8 Å². The second-order valence-electron chi connectivity index (χ2n) is 12.0. The van der Waals surface area contributed by atoms with E-state index in [1.807, 2.05) is 48.5 Å². The average molecular weight is 628 g/mol. The quantitative estimate of drug-likeness (QED) is 0.184. The molecule has 0 radical (unpaired) electrons. The van der Waals surface area contributed by atoms with E-state index in [0.717, 1.165) is 72.0 Å². The molecule has 0 aliphatic heterocycles. The van der Waals surface area contributed by atoms with E-state index >= 15 is 0 Å². The van der Waals surface area contributed by atoms with Crippen molar-refractivity contribution in [1.29, 1.82) is 0 Å². The molecule has 0 unspecified atom stereocenters. The number of benzene rings is 7. The molecule has 4 nitrogen and oxygen atoms in total. The molecule has 0 amide bonds. The van der Waals surface area contributed by atoms with Crippen LogP contribution >= 0.6 is 0 Å². The van der Waals surface area contributed by atoms with E-state index in [4.69, 9.17) is 19.4 Å². The number of rotatable bonds is 6. The predicted molar refractivity (Wildman–Crippen MR) is 200 cm³/mol. The lowest BCUT2D eigenvalue weighted by Gasteiger charge is -2.13. The molecule has 0 spiro atoms. The van der Waals surface area contributed by atoms with Gasteiger partial charge in [0.2, 0.25) is 0 Å². The number of aromatic nitrogens is 3. The third-order valence-electron chi connectivity index (χ3n) is 8.95. The largest absolute Gasteiger partial charge is 0.455 e. The molecule has 9 rings (SSSR count). The Kier molecular flexibility index (Phi) is 7.10. The maximum atomic E-state index is 6.91. The third kappa shape index (κ3) is 5.26. The summed E-state index contributed by atoms with van der Waals surface area (Å²) in [5.41, 5.74) is 10.8. The molecule has 0 saturated carbocycles. The lowest BCUT2D eigenvalue weighted by atomic mass is 9.95. The molecule has 0 fully saturated rings. The highest BCUT2D eigenvalue weighted by Crippen LogP contribution is 2.44.